The number of aryl methyl sites for hydroxylation is 1. The van der Waals surface area contributed by atoms with Crippen molar-refractivity contribution in [3.05, 3.63) is 253 Å². The highest BCUT2D eigenvalue weighted by molar-refractivity contribution is 7.99. The van der Waals surface area contributed by atoms with Crippen molar-refractivity contribution in [3.8, 4) is 11.1 Å². The number of anilines is 9. The molecule has 85 heavy (non-hydrogen) atoms. The Labute approximate surface area is 499 Å². The molecule has 14 aromatic rings. The minimum Gasteiger partial charge on any atom is -0.468 e. The molecule has 5 heterocycles. The Hall–Kier alpha value is -9.63. The Kier molecular flexibility index (Phi) is 11.5. The van der Waals surface area contributed by atoms with Gasteiger partial charge in [-0.15, -0.1) is 0 Å². The van der Waals surface area contributed by atoms with Gasteiger partial charge in [0.05, 0.1) is 22.7 Å². The fourth-order valence-corrected chi connectivity index (χ4v) is 14.3. The molecular weight excluding hydrogens is 1060 g/mol. The number of hydrogen-bond donors (Lipinski definition) is 0. The van der Waals surface area contributed by atoms with Gasteiger partial charge in [-0.3, -0.25) is 0 Å². The van der Waals surface area contributed by atoms with Crippen LogP contribution in [0.3, 0.4) is 0 Å². The monoisotopic (exact) mass is 1120 g/mol. The van der Waals surface area contributed by atoms with Crippen LogP contribution in [0.4, 0.5) is 51.2 Å². The lowest BCUT2D eigenvalue weighted by molar-refractivity contribution is 0.590. The first-order valence-corrected chi connectivity index (χ1v) is 30.2. The van der Waals surface area contributed by atoms with E-state index in [1.54, 1.807) is 11.8 Å². The van der Waals surface area contributed by atoms with E-state index in [2.05, 4.69) is 294 Å². The van der Waals surface area contributed by atoms with Gasteiger partial charge in [-0.05, 0) is 148 Å². The summed E-state index contributed by atoms with van der Waals surface area (Å²) < 4.78 is 21.2. The number of rotatable bonds is 8. The van der Waals surface area contributed by atoms with E-state index >= 15 is 0 Å². The zero-order chi connectivity index (χ0) is 57.5. The molecular formula is C77H60BN3O3S. The Morgan fingerprint density at radius 3 is 1.84 bits per heavy atom. The van der Waals surface area contributed by atoms with E-state index in [1.165, 1.54) is 16.7 Å². The predicted octanol–water partition coefficient (Wildman–Crippen LogP) is 20.5. The van der Waals surface area contributed by atoms with Crippen LogP contribution in [0.1, 0.15) is 58.2 Å². The van der Waals surface area contributed by atoms with Crippen molar-refractivity contribution in [1.82, 2.24) is 0 Å². The number of nitrogens with zero attached hydrogens (tertiary/aromatic N) is 3. The summed E-state index contributed by atoms with van der Waals surface area (Å²) in [5.41, 5.74) is 22.5. The van der Waals surface area contributed by atoms with E-state index in [0.717, 1.165) is 144 Å². The van der Waals surface area contributed by atoms with Crippen molar-refractivity contribution >= 4 is 141 Å². The summed E-state index contributed by atoms with van der Waals surface area (Å²) in [5, 5.41) is 5.33. The molecule has 2 aliphatic heterocycles. The lowest BCUT2D eigenvalue weighted by atomic mass is 9.35. The molecule has 0 atom stereocenters. The second-order valence-electron chi connectivity index (χ2n) is 25.0. The predicted molar refractivity (Wildman–Crippen MR) is 358 cm³/mol. The zero-order valence-electron chi connectivity index (χ0n) is 48.6. The first-order chi connectivity index (χ1) is 41.3. The summed E-state index contributed by atoms with van der Waals surface area (Å²) in [6.45, 7) is 15.5. The number of fused-ring (bicyclic) bond motifs is 12. The summed E-state index contributed by atoms with van der Waals surface area (Å²) in [5.74, 6) is 0. The molecule has 3 aromatic heterocycles. The largest absolute Gasteiger partial charge is 0.468 e. The third-order valence-corrected chi connectivity index (χ3v) is 18.4. The molecule has 0 unspecified atom stereocenters. The zero-order valence-corrected chi connectivity index (χ0v) is 49.4. The van der Waals surface area contributed by atoms with E-state index in [9.17, 15) is 0 Å². The molecule has 0 bridgehead atoms. The summed E-state index contributed by atoms with van der Waals surface area (Å²) >= 11 is 1.79. The molecule has 8 heteroatoms. The molecule has 6 nitrogen and oxygen atoms in total. The van der Waals surface area contributed by atoms with E-state index in [4.69, 9.17) is 13.3 Å². The SMILES string of the molecule is Cc1cccc(Sc2cc3c4c(c2)N(c2cccc5c2oc2ccccc25)c2cc(N(c5ccc(C(C)(C)C)cc5)c5ccccc5-c5ccccc5)ccc2B4c2oc4ccc(C(C)(C)C)cc4c2N3c2ccc3oc4ccccc4c3c2)c1. The highest BCUT2D eigenvalue weighted by Crippen LogP contribution is 2.53. The van der Waals surface area contributed by atoms with Crippen molar-refractivity contribution in [2.24, 2.45) is 0 Å². The van der Waals surface area contributed by atoms with Gasteiger partial charge < -0.3 is 28.0 Å². The van der Waals surface area contributed by atoms with Gasteiger partial charge in [0.1, 0.15) is 22.3 Å². The van der Waals surface area contributed by atoms with Crippen LogP contribution >= 0.6 is 11.8 Å². The van der Waals surface area contributed by atoms with Gasteiger partial charge in [-0.25, -0.2) is 0 Å². The molecule has 0 aliphatic carbocycles. The standard InChI is InChI=1S/C77H60BN3O3S/c1-47-19-17-22-54(41-47)85-55-45-66-72-67(46-55)81(64-28-18-26-59-57-24-12-16-30-69(57)83-74(59)64)65-44-53(79(51-34-31-49(32-35-51)76(2,3)4)63-27-14-11-23-56(63)48-20-9-8-10-21-48)36-38-62(65)78(72)75-73(61-42-50(77(5,6)7)33-39-71(61)84-75)80(66)52-37-40-70-60(43-52)58-25-13-15-29-68(58)82-70/h8-46H,1-7H3. The lowest BCUT2D eigenvalue weighted by Gasteiger charge is -2.43. The van der Waals surface area contributed by atoms with Crippen molar-refractivity contribution in [1.29, 1.82) is 0 Å². The van der Waals surface area contributed by atoms with Crippen LogP contribution in [0.5, 0.6) is 0 Å². The Balaban J connectivity index is 1.03. The summed E-state index contributed by atoms with van der Waals surface area (Å²) in [7, 11) is 0. The van der Waals surface area contributed by atoms with Crippen molar-refractivity contribution in [2.75, 3.05) is 14.7 Å². The van der Waals surface area contributed by atoms with Crippen LogP contribution in [-0.2, 0) is 10.8 Å². The lowest BCUT2D eigenvalue weighted by Crippen LogP contribution is -2.61. The normalized spacial score (nSPS) is 13.1. The fourth-order valence-electron chi connectivity index (χ4n) is 13.3. The van der Waals surface area contributed by atoms with Crippen molar-refractivity contribution in [3.63, 3.8) is 0 Å². The Bertz CT molecular complexity index is 5000. The van der Waals surface area contributed by atoms with E-state index in [-0.39, 0.29) is 17.5 Å². The van der Waals surface area contributed by atoms with Crippen molar-refractivity contribution in [2.45, 2.75) is 69.1 Å². The molecule has 16 rings (SSSR count). The minimum absolute atomic E-state index is 0.0300. The molecule has 0 fully saturated rings. The number of benzene rings is 11. The molecule has 410 valence electrons. The fraction of sp³-hybridized carbons (Fsp3) is 0.117. The molecule has 0 saturated carbocycles. The molecule has 0 amide bonds. The van der Waals surface area contributed by atoms with E-state index in [1.807, 2.05) is 6.07 Å². The van der Waals surface area contributed by atoms with Crippen LogP contribution in [0.15, 0.2) is 260 Å². The molecule has 2 aliphatic rings. The molecule has 0 N–H and O–H groups in total. The number of para-hydroxylation sites is 4. The Morgan fingerprint density at radius 1 is 0.424 bits per heavy atom. The van der Waals surface area contributed by atoms with Crippen LogP contribution in [0.2, 0.25) is 0 Å². The van der Waals surface area contributed by atoms with Gasteiger partial charge in [0.25, 0.3) is 6.71 Å². The van der Waals surface area contributed by atoms with Gasteiger partial charge >= 0.3 is 0 Å². The van der Waals surface area contributed by atoms with E-state index in [0.29, 0.717) is 0 Å². The smallest absolute Gasteiger partial charge is 0.297 e. The van der Waals surface area contributed by atoms with Crippen LogP contribution in [0, 0.1) is 6.92 Å². The number of hydrogen-bond acceptors (Lipinski definition) is 7. The van der Waals surface area contributed by atoms with Crippen molar-refractivity contribution < 1.29 is 13.3 Å². The van der Waals surface area contributed by atoms with Gasteiger partial charge in [0.15, 0.2) is 5.58 Å². The van der Waals surface area contributed by atoms with Crippen LogP contribution < -0.4 is 31.3 Å². The summed E-state index contributed by atoms with van der Waals surface area (Å²) in [6.07, 6.45) is 0. The highest BCUT2D eigenvalue weighted by atomic mass is 32.2. The quantitative estimate of drug-likeness (QED) is 0.141. The molecule has 0 saturated heterocycles. The summed E-state index contributed by atoms with van der Waals surface area (Å²) in [6, 6.07) is 86.4. The van der Waals surface area contributed by atoms with E-state index < -0.39 is 0 Å². The molecule has 0 spiro atoms. The topological polar surface area (TPSA) is 49.1 Å². The second-order valence-corrected chi connectivity index (χ2v) is 26.1. The van der Waals surface area contributed by atoms with Crippen LogP contribution in [0.25, 0.3) is 66.0 Å². The van der Waals surface area contributed by atoms with Gasteiger partial charge in [0, 0.05) is 76.4 Å². The second kappa shape index (κ2) is 19.2. The van der Waals surface area contributed by atoms with Gasteiger partial charge in [-0.2, -0.15) is 0 Å². The first kappa shape index (κ1) is 51.0. The van der Waals surface area contributed by atoms with Crippen LogP contribution in [-0.4, -0.2) is 6.71 Å². The minimum atomic E-state index is -0.329. The summed E-state index contributed by atoms with van der Waals surface area (Å²) in [4.78, 5) is 9.70. The Morgan fingerprint density at radius 2 is 1.06 bits per heavy atom. The maximum absolute atomic E-state index is 7.56. The molecule has 0 radical (unpaired) electrons. The number of furan rings is 3. The third-order valence-electron chi connectivity index (χ3n) is 17.4. The van der Waals surface area contributed by atoms with Gasteiger partial charge in [0.2, 0.25) is 0 Å². The average molecular weight is 1120 g/mol. The van der Waals surface area contributed by atoms with Gasteiger partial charge in [-0.1, -0.05) is 192 Å². The third kappa shape index (κ3) is 8.32. The molecule has 11 aromatic carbocycles. The maximum atomic E-state index is 7.56. The highest BCUT2D eigenvalue weighted by Gasteiger charge is 2.48. The maximum Gasteiger partial charge on any atom is 0.297 e. The average Bonchev–Trinajstić information content (AvgIpc) is 2.25. The first-order valence-electron chi connectivity index (χ1n) is 29.4.